The normalized spacial score (nSPS) is 10.6. The number of rotatable bonds is 6. The van der Waals surface area contributed by atoms with Crippen LogP contribution in [0.4, 0.5) is 0 Å². The zero-order valence-corrected chi connectivity index (χ0v) is 14.1. The van der Waals surface area contributed by atoms with Gasteiger partial charge in [-0.15, -0.1) is 11.3 Å². The zero-order chi connectivity index (χ0) is 16.8. The van der Waals surface area contributed by atoms with Crippen LogP contribution in [0.2, 0.25) is 0 Å². The van der Waals surface area contributed by atoms with Gasteiger partial charge in [0.25, 0.3) is 0 Å². The number of allylic oxidation sites excluding steroid dienone is 1. The van der Waals surface area contributed by atoms with Crippen LogP contribution in [0.5, 0.6) is 5.75 Å². The highest BCUT2D eigenvalue weighted by molar-refractivity contribution is 7.14. The second kappa shape index (κ2) is 7.68. The number of nitrogens with zero attached hydrogens (tertiary/aromatic N) is 2. The van der Waals surface area contributed by atoms with E-state index in [1.807, 2.05) is 28.3 Å². The summed E-state index contributed by atoms with van der Waals surface area (Å²) in [5, 5.41) is 15.4. The maximum Gasteiger partial charge on any atom is 0.185 e. The summed E-state index contributed by atoms with van der Waals surface area (Å²) in [6.45, 7) is -0.0104. The van der Waals surface area contributed by atoms with Crippen molar-refractivity contribution in [1.82, 2.24) is 4.98 Å². The third-order valence-electron chi connectivity index (χ3n) is 3.14. The summed E-state index contributed by atoms with van der Waals surface area (Å²) in [5.41, 5.74) is 2.43. The number of thiazole rings is 1. The van der Waals surface area contributed by atoms with Crippen LogP contribution >= 0.6 is 22.7 Å². The number of hydrogen-bond acceptors (Lipinski definition) is 6. The average molecular weight is 352 g/mol. The largest absolute Gasteiger partial charge is 0.479 e. The van der Waals surface area contributed by atoms with E-state index in [-0.39, 0.29) is 12.4 Å². The van der Waals surface area contributed by atoms with Crippen molar-refractivity contribution in [1.29, 1.82) is 5.26 Å². The van der Waals surface area contributed by atoms with Gasteiger partial charge in [-0.25, -0.2) is 4.98 Å². The molecule has 118 valence electrons. The highest BCUT2D eigenvalue weighted by atomic mass is 32.1. The van der Waals surface area contributed by atoms with Gasteiger partial charge in [0, 0.05) is 21.9 Å². The Morgan fingerprint density at radius 2 is 2.08 bits per heavy atom. The summed E-state index contributed by atoms with van der Waals surface area (Å²) in [4.78, 5) is 16.7. The molecule has 0 bridgehead atoms. The Hall–Kier alpha value is -2.75. The van der Waals surface area contributed by atoms with Crippen LogP contribution in [0, 0.1) is 11.3 Å². The molecule has 6 heteroatoms. The molecule has 3 rings (SSSR count). The van der Waals surface area contributed by atoms with Gasteiger partial charge in [0.05, 0.1) is 5.69 Å². The standard InChI is InChI=1S/C18H12N2O2S2/c19-8-9-22-16-4-1-13(2-5-16)17(21)6-3-15-12-24-18(20-15)14-7-10-23-11-14/h1-7,10-12H,9H2/b6-3+. The van der Waals surface area contributed by atoms with Crippen LogP contribution in [0.25, 0.3) is 16.6 Å². The molecule has 2 aromatic heterocycles. The van der Waals surface area contributed by atoms with E-state index in [2.05, 4.69) is 4.98 Å². The monoisotopic (exact) mass is 352 g/mol. The van der Waals surface area contributed by atoms with Gasteiger partial charge < -0.3 is 4.74 Å². The van der Waals surface area contributed by atoms with Gasteiger partial charge in [-0.3, -0.25) is 4.79 Å². The third kappa shape index (κ3) is 3.96. The lowest BCUT2D eigenvalue weighted by Gasteiger charge is -2.01. The van der Waals surface area contributed by atoms with Crippen molar-refractivity contribution in [3.05, 3.63) is 63.8 Å². The highest BCUT2D eigenvalue weighted by Crippen LogP contribution is 2.26. The molecule has 24 heavy (non-hydrogen) atoms. The summed E-state index contributed by atoms with van der Waals surface area (Å²) in [7, 11) is 0. The summed E-state index contributed by atoms with van der Waals surface area (Å²) >= 11 is 3.19. The molecular formula is C18H12N2O2S2. The molecule has 0 spiro atoms. The minimum absolute atomic E-state index is 0.0104. The summed E-state index contributed by atoms with van der Waals surface area (Å²) < 4.78 is 5.16. The number of carbonyl (C=O) groups is 1. The third-order valence-corrected chi connectivity index (χ3v) is 4.73. The van der Waals surface area contributed by atoms with E-state index in [9.17, 15) is 4.79 Å². The number of carbonyl (C=O) groups excluding carboxylic acids is 1. The van der Waals surface area contributed by atoms with Gasteiger partial charge in [0.2, 0.25) is 0 Å². The first kappa shape index (κ1) is 16.1. The number of ether oxygens (including phenoxy) is 1. The van der Waals surface area contributed by atoms with Crippen molar-refractivity contribution in [3.8, 4) is 22.4 Å². The van der Waals surface area contributed by atoms with E-state index < -0.39 is 0 Å². The Balaban J connectivity index is 1.66. The topological polar surface area (TPSA) is 63.0 Å². The number of aromatic nitrogens is 1. The number of benzene rings is 1. The summed E-state index contributed by atoms with van der Waals surface area (Å²) in [6.07, 6.45) is 3.23. The Labute approximate surface area is 147 Å². The molecule has 0 aliphatic heterocycles. The molecule has 0 unspecified atom stereocenters. The number of ketones is 1. The van der Waals surface area contributed by atoms with Gasteiger partial charge in [0.15, 0.2) is 12.4 Å². The Kier molecular flexibility index (Phi) is 5.16. The molecule has 2 heterocycles. The predicted molar refractivity (Wildman–Crippen MR) is 96.3 cm³/mol. The van der Waals surface area contributed by atoms with E-state index in [1.54, 1.807) is 53.0 Å². The van der Waals surface area contributed by atoms with Gasteiger partial charge in [-0.05, 0) is 47.9 Å². The first-order chi connectivity index (χ1) is 11.8. The number of thiophene rings is 1. The molecule has 4 nitrogen and oxygen atoms in total. The molecule has 0 amide bonds. The fourth-order valence-corrected chi connectivity index (χ4v) is 3.47. The first-order valence-corrected chi connectivity index (χ1v) is 8.89. The highest BCUT2D eigenvalue weighted by Gasteiger charge is 2.05. The molecule has 3 aromatic rings. The van der Waals surface area contributed by atoms with Crippen LogP contribution in [-0.4, -0.2) is 17.4 Å². The SMILES string of the molecule is N#CCOc1ccc(C(=O)/C=C/c2csc(-c3ccsc3)n2)cc1. The lowest BCUT2D eigenvalue weighted by Crippen LogP contribution is -1.96. The van der Waals surface area contributed by atoms with E-state index >= 15 is 0 Å². The van der Waals surface area contributed by atoms with Crippen LogP contribution in [0.3, 0.4) is 0 Å². The molecular weight excluding hydrogens is 340 g/mol. The minimum Gasteiger partial charge on any atom is -0.479 e. The quantitative estimate of drug-likeness (QED) is 0.478. The molecule has 0 saturated carbocycles. The lowest BCUT2D eigenvalue weighted by atomic mass is 10.1. The minimum atomic E-state index is -0.105. The van der Waals surface area contributed by atoms with E-state index in [1.165, 1.54) is 6.08 Å². The van der Waals surface area contributed by atoms with Crippen LogP contribution in [-0.2, 0) is 0 Å². The zero-order valence-electron chi connectivity index (χ0n) is 12.5. The fourth-order valence-electron chi connectivity index (χ4n) is 1.97. The Bertz CT molecular complexity index is 888. The van der Waals surface area contributed by atoms with Gasteiger partial charge in [-0.1, -0.05) is 0 Å². The second-order valence-corrected chi connectivity index (χ2v) is 6.40. The van der Waals surface area contributed by atoms with E-state index in [0.29, 0.717) is 11.3 Å². The number of nitriles is 1. The molecule has 0 atom stereocenters. The Morgan fingerprint density at radius 1 is 1.25 bits per heavy atom. The van der Waals surface area contributed by atoms with Crippen molar-refractivity contribution in [2.24, 2.45) is 0 Å². The fraction of sp³-hybridized carbons (Fsp3) is 0.0556. The maximum absolute atomic E-state index is 12.2. The Morgan fingerprint density at radius 3 is 2.79 bits per heavy atom. The van der Waals surface area contributed by atoms with Crippen LogP contribution < -0.4 is 4.74 Å². The van der Waals surface area contributed by atoms with Crippen molar-refractivity contribution in [2.75, 3.05) is 6.61 Å². The molecule has 0 saturated heterocycles. The second-order valence-electron chi connectivity index (χ2n) is 4.76. The molecule has 0 radical (unpaired) electrons. The molecule has 0 N–H and O–H groups in total. The maximum atomic E-state index is 12.2. The van der Waals surface area contributed by atoms with Crippen LogP contribution in [0.15, 0.2) is 52.5 Å². The smallest absolute Gasteiger partial charge is 0.185 e. The van der Waals surface area contributed by atoms with Crippen molar-refractivity contribution in [2.45, 2.75) is 0 Å². The molecule has 0 fully saturated rings. The van der Waals surface area contributed by atoms with Crippen LogP contribution in [0.1, 0.15) is 16.1 Å². The van der Waals surface area contributed by atoms with Crippen molar-refractivity contribution < 1.29 is 9.53 Å². The van der Waals surface area contributed by atoms with Crippen molar-refractivity contribution in [3.63, 3.8) is 0 Å². The predicted octanol–water partition coefficient (Wildman–Crippen LogP) is 4.67. The van der Waals surface area contributed by atoms with Gasteiger partial charge in [-0.2, -0.15) is 16.6 Å². The molecule has 0 aliphatic carbocycles. The molecule has 1 aromatic carbocycles. The van der Waals surface area contributed by atoms with Gasteiger partial charge in [0.1, 0.15) is 16.8 Å². The molecule has 0 aliphatic rings. The van der Waals surface area contributed by atoms with E-state index in [0.717, 1.165) is 16.3 Å². The first-order valence-electron chi connectivity index (χ1n) is 7.06. The van der Waals surface area contributed by atoms with E-state index in [4.69, 9.17) is 10.00 Å². The summed E-state index contributed by atoms with van der Waals surface area (Å²) in [6, 6.07) is 10.6. The lowest BCUT2D eigenvalue weighted by molar-refractivity contribution is 0.104. The average Bonchev–Trinajstić information content (AvgIpc) is 3.29. The van der Waals surface area contributed by atoms with Crippen molar-refractivity contribution >= 4 is 34.5 Å². The number of hydrogen-bond donors (Lipinski definition) is 0. The van der Waals surface area contributed by atoms with Gasteiger partial charge >= 0.3 is 0 Å². The summed E-state index contributed by atoms with van der Waals surface area (Å²) in [5.74, 6) is 0.462.